The maximum Gasteiger partial charge on any atom is 0.0714 e. The van der Waals surface area contributed by atoms with Gasteiger partial charge in [0.2, 0.25) is 0 Å². The van der Waals surface area contributed by atoms with E-state index < -0.39 is 15.8 Å². The van der Waals surface area contributed by atoms with Crippen molar-refractivity contribution in [1.82, 2.24) is 0 Å². The lowest BCUT2D eigenvalue weighted by Crippen LogP contribution is -2.38. The highest BCUT2D eigenvalue weighted by atomic mass is 32.2. The first-order valence-corrected chi connectivity index (χ1v) is 20.9. The van der Waals surface area contributed by atoms with Crippen molar-refractivity contribution in [2.24, 2.45) is 5.41 Å². The molecule has 0 aliphatic carbocycles. The van der Waals surface area contributed by atoms with E-state index in [1.807, 2.05) is 24.3 Å². The highest BCUT2D eigenvalue weighted by molar-refractivity contribution is 7.94. The summed E-state index contributed by atoms with van der Waals surface area (Å²) < 4.78 is 9.44. The topological polar surface area (TPSA) is 77.4 Å². The molecule has 0 spiro atoms. The number of benzene rings is 6. The van der Waals surface area contributed by atoms with Crippen LogP contribution < -0.4 is 21.2 Å². The maximum atomic E-state index is 8.71. The SMILES string of the molecule is OOOSc1ccc(CC(Cc2ccc(SOOO)cc2)(CP(c2ccccc2)c2ccccc2)CP(c2ccccc2)c2ccccc2)cc1. The van der Waals surface area contributed by atoms with Crippen LogP contribution in [0.15, 0.2) is 180 Å². The van der Waals surface area contributed by atoms with Gasteiger partial charge in [0.05, 0.1) is 24.1 Å². The molecule has 6 aromatic rings. The van der Waals surface area contributed by atoms with Crippen LogP contribution in [-0.2, 0) is 31.6 Å². The smallest absolute Gasteiger partial charge is 0.0714 e. The molecule has 6 nitrogen and oxygen atoms in total. The monoisotopic (exact) mass is 752 g/mol. The maximum absolute atomic E-state index is 8.71. The van der Waals surface area contributed by atoms with E-state index in [4.69, 9.17) is 19.2 Å². The Labute approximate surface area is 310 Å². The minimum Gasteiger partial charge on any atom is -0.220 e. The minimum absolute atomic E-state index is 0.201. The molecule has 0 atom stereocenters. The quantitative estimate of drug-likeness (QED) is 0.0389. The first kappa shape index (κ1) is 37.4. The molecule has 0 aliphatic rings. The zero-order valence-electron chi connectivity index (χ0n) is 27.7. The molecule has 260 valence electrons. The molecule has 0 aromatic heterocycles. The van der Waals surface area contributed by atoms with E-state index in [0.717, 1.165) is 59.0 Å². The van der Waals surface area contributed by atoms with Gasteiger partial charge in [0.25, 0.3) is 0 Å². The van der Waals surface area contributed by atoms with Gasteiger partial charge in [-0.3, -0.25) is 0 Å². The average Bonchev–Trinajstić information content (AvgIpc) is 3.20. The van der Waals surface area contributed by atoms with Crippen molar-refractivity contribution in [3.8, 4) is 0 Å². The lowest BCUT2D eigenvalue weighted by molar-refractivity contribution is -0.432. The van der Waals surface area contributed by atoms with Gasteiger partial charge in [0.1, 0.15) is 0 Å². The summed E-state index contributed by atoms with van der Waals surface area (Å²) in [6.45, 7) is 0. The Bertz CT molecular complexity index is 1650. The number of rotatable bonds is 18. The fourth-order valence-corrected chi connectivity index (χ4v) is 12.8. The van der Waals surface area contributed by atoms with Gasteiger partial charge in [-0.2, -0.15) is 0 Å². The van der Waals surface area contributed by atoms with Crippen molar-refractivity contribution in [2.75, 3.05) is 12.3 Å². The van der Waals surface area contributed by atoms with E-state index in [9.17, 15) is 0 Å². The van der Waals surface area contributed by atoms with Crippen LogP contribution in [0.25, 0.3) is 0 Å². The van der Waals surface area contributed by atoms with Crippen LogP contribution in [-0.4, -0.2) is 22.8 Å². The second-order valence-electron chi connectivity index (χ2n) is 12.1. The number of hydrogen-bond donors (Lipinski definition) is 2. The average molecular weight is 753 g/mol. The van der Waals surface area contributed by atoms with E-state index in [1.54, 1.807) is 0 Å². The summed E-state index contributed by atoms with van der Waals surface area (Å²) in [5.41, 5.74) is 2.24. The second kappa shape index (κ2) is 19.5. The van der Waals surface area contributed by atoms with Gasteiger partial charge < -0.3 is 0 Å². The molecular formula is C41H38O6P2S2. The van der Waals surface area contributed by atoms with E-state index in [1.165, 1.54) is 32.3 Å². The Hall–Kier alpha value is -3.36. The number of hydrogen-bond acceptors (Lipinski definition) is 8. The summed E-state index contributed by atoms with van der Waals surface area (Å²) in [5.74, 6) is 0. The first-order valence-electron chi connectivity index (χ1n) is 16.4. The van der Waals surface area contributed by atoms with Crippen LogP contribution in [0.2, 0.25) is 0 Å². The van der Waals surface area contributed by atoms with Crippen LogP contribution in [0.1, 0.15) is 11.1 Å². The highest BCUT2D eigenvalue weighted by Gasteiger charge is 2.38. The van der Waals surface area contributed by atoms with Crippen LogP contribution in [0.4, 0.5) is 0 Å². The lowest BCUT2D eigenvalue weighted by Gasteiger charge is -2.41. The Morgan fingerprint density at radius 2 is 0.706 bits per heavy atom. The first-order chi connectivity index (χ1) is 25.1. The summed E-state index contributed by atoms with van der Waals surface area (Å²) in [4.78, 5) is 1.65. The predicted octanol–water partition coefficient (Wildman–Crippen LogP) is 9.58. The Morgan fingerprint density at radius 3 is 0.980 bits per heavy atom. The van der Waals surface area contributed by atoms with Crippen molar-refractivity contribution in [3.05, 3.63) is 181 Å². The zero-order chi connectivity index (χ0) is 35.1. The van der Waals surface area contributed by atoms with Crippen molar-refractivity contribution < 1.29 is 29.3 Å². The predicted molar refractivity (Wildman–Crippen MR) is 212 cm³/mol. The third kappa shape index (κ3) is 10.8. The molecule has 0 radical (unpaired) electrons. The molecule has 0 amide bonds. The van der Waals surface area contributed by atoms with Crippen LogP contribution in [0.3, 0.4) is 0 Å². The van der Waals surface area contributed by atoms with E-state index in [-0.39, 0.29) is 5.41 Å². The summed E-state index contributed by atoms with van der Waals surface area (Å²) >= 11 is 1.93. The summed E-state index contributed by atoms with van der Waals surface area (Å²) in [6, 6.07) is 60.5. The minimum atomic E-state index is -0.755. The Morgan fingerprint density at radius 1 is 0.412 bits per heavy atom. The van der Waals surface area contributed by atoms with Gasteiger partial charge in [-0.1, -0.05) is 156 Å². The molecule has 51 heavy (non-hydrogen) atoms. The van der Waals surface area contributed by atoms with Crippen molar-refractivity contribution in [2.45, 2.75) is 22.6 Å². The van der Waals surface area contributed by atoms with Crippen molar-refractivity contribution in [1.29, 1.82) is 0 Å². The molecule has 0 heterocycles. The van der Waals surface area contributed by atoms with Gasteiger partial charge >= 0.3 is 0 Å². The van der Waals surface area contributed by atoms with Crippen LogP contribution >= 0.6 is 39.9 Å². The van der Waals surface area contributed by atoms with Gasteiger partial charge in [-0.15, -0.1) is 8.67 Å². The molecule has 6 aromatic carbocycles. The van der Waals surface area contributed by atoms with Gasteiger partial charge in [-0.25, -0.2) is 10.5 Å². The molecule has 0 bridgehead atoms. The molecule has 0 saturated heterocycles. The summed E-state index contributed by atoms with van der Waals surface area (Å²) in [7, 11) is -1.51. The fourth-order valence-electron chi connectivity index (χ4n) is 6.40. The lowest BCUT2D eigenvalue weighted by atomic mass is 9.79. The molecule has 10 heteroatoms. The zero-order valence-corrected chi connectivity index (χ0v) is 31.2. The fraction of sp³-hybridized carbons (Fsp3) is 0.122. The third-order valence-corrected chi connectivity index (χ3v) is 15.4. The Balaban J connectivity index is 1.51. The van der Waals surface area contributed by atoms with Gasteiger partial charge in [-0.05, 0) is 103 Å². The van der Waals surface area contributed by atoms with Crippen LogP contribution in [0.5, 0.6) is 0 Å². The third-order valence-electron chi connectivity index (χ3n) is 8.58. The molecule has 0 aliphatic heterocycles. The second-order valence-corrected chi connectivity index (χ2v) is 18.1. The highest BCUT2D eigenvalue weighted by Crippen LogP contribution is 2.50. The van der Waals surface area contributed by atoms with Crippen LogP contribution in [0, 0.1) is 5.41 Å². The van der Waals surface area contributed by atoms with E-state index in [0.29, 0.717) is 0 Å². The molecule has 2 N–H and O–H groups in total. The summed E-state index contributed by atoms with van der Waals surface area (Å²) in [6.07, 6.45) is 3.60. The Kier molecular flexibility index (Phi) is 14.3. The molecule has 0 saturated carbocycles. The van der Waals surface area contributed by atoms with Gasteiger partial charge in [0, 0.05) is 9.79 Å². The molecule has 0 unspecified atom stereocenters. The van der Waals surface area contributed by atoms with E-state index in [2.05, 4.69) is 156 Å². The van der Waals surface area contributed by atoms with Crippen molar-refractivity contribution >= 4 is 61.1 Å². The van der Waals surface area contributed by atoms with Gasteiger partial charge in [0.15, 0.2) is 0 Å². The van der Waals surface area contributed by atoms with Crippen molar-refractivity contribution in [3.63, 3.8) is 0 Å². The molecule has 0 fully saturated rings. The summed E-state index contributed by atoms with van der Waals surface area (Å²) in [5, 5.41) is 30.5. The molecular weight excluding hydrogens is 715 g/mol. The standard InChI is InChI=1S/C41H38O6P2S2/c42-44-46-50-39-25-21-33(22-26-39)29-41(30-34-23-27-40(28-24-34)51-47-45-43,31-48(35-13-5-1-6-14-35)36-15-7-2-8-16-36)32-49(37-17-9-3-10-18-37)38-19-11-4-12-20-38/h1-28,42-43H,29-32H2. The van der Waals surface area contributed by atoms with E-state index >= 15 is 0 Å². The largest absolute Gasteiger partial charge is 0.220 e. The normalized spacial score (nSPS) is 11.7. The molecule has 6 rings (SSSR count).